The molecule has 1 aromatic heterocycles. The van der Waals surface area contributed by atoms with E-state index >= 15 is 0 Å². The van der Waals surface area contributed by atoms with Gasteiger partial charge in [-0.1, -0.05) is 11.6 Å². The second-order valence-corrected chi connectivity index (χ2v) is 5.20. The molecule has 0 amide bonds. The molecule has 8 heteroatoms. The maximum absolute atomic E-state index is 12.0. The van der Waals surface area contributed by atoms with Gasteiger partial charge in [0.25, 0.3) is 0 Å². The average Bonchev–Trinajstić information content (AvgIpc) is 2.72. The van der Waals surface area contributed by atoms with Gasteiger partial charge in [-0.05, 0) is 24.3 Å². The van der Waals surface area contributed by atoms with Gasteiger partial charge in [0.15, 0.2) is 4.47 Å². The van der Waals surface area contributed by atoms with Crippen molar-refractivity contribution in [3.05, 3.63) is 39.8 Å². The topological polar surface area (TPSA) is 34.1 Å². The lowest BCUT2D eigenvalue weighted by Gasteiger charge is -2.09. The van der Waals surface area contributed by atoms with Crippen LogP contribution in [0.4, 0.5) is 18.9 Å². The normalized spacial score (nSPS) is 11.4. The van der Waals surface area contributed by atoms with Crippen LogP contribution >= 0.6 is 22.9 Å². The number of hydrogen-bond acceptors (Lipinski definition) is 4. The van der Waals surface area contributed by atoms with Crippen LogP contribution in [0, 0.1) is 0 Å². The van der Waals surface area contributed by atoms with E-state index in [9.17, 15) is 13.2 Å². The van der Waals surface area contributed by atoms with Gasteiger partial charge in [0.2, 0.25) is 0 Å². The molecule has 0 radical (unpaired) electrons. The summed E-state index contributed by atoms with van der Waals surface area (Å²) in [6.07, 6.45) is -3.03. The first kappa shape index (κ1) is 14.0. The van der Waals surface area contributed by atoms with Crippen molar-refractivity contribution in [2.24, 2.45) is 0 Å². The van der Waals surface area contributed by atoms with E-state index < -0.39 is 6.36 Å². The summed E-state index contributed by atoms with van der Waals surface area (Å²) in [5.41, 5.74) is 0.680. The third-order valence-electron chi connectivity index (χ3n) is 2.08. The van der Waals surface area contributed by atoms with Crippen molar-refractivity contribution >= 4 is 28.6 Å². The van der Waals surface area contributed by atoms with Crippen molar-refractivity contribution < 1.29 is 17.9 Å². The SMILES string of the molecule is FC(F)(F)Oc1ccc(NCc2cnc(Cl)s2)cc1. The minimum Gasteiger partial charge on any atom is -0.406 e. The van der Waals surface area contributed by atoms with E-state index in [1.54, 1.807) is 6.20 Å². The predicted molar refractivity (Wildman–Crippen MR) is 67.6 cm³/mol. The minimum atomic E-state index is -4.67. The molecule has 0 aliphatic carbocycles. The Morgan fingerprint density at radius 1 is 1.26 bits per heavy atom. The number of thiazole rings is 1. The smallest absolute Gasteiger partial charge is 0.406 e. The number of rotatable bonds is 4. The van der Waals surface area contributed by atoms with E-state index in [2.05, 4.69) is 15.0 Å². The third-order valence-corrected chi connectivity index (χ3v) is 3.19. The standard InChI is InChI=1S/C11H8ClF3N2OS/c12-10-17-6-9(19-10)5-16-7-1-3-8(4-2-7)18-11(13,14)15/h1-4,6,16H,5H2. The Balaban J connectivity index is 1.91. The van der Waals surface area contributed by atoms with E-state index in [0.29, 0.717) is 16.7 Å². The lowest BCUT2D eigenvalue weighted by atomic mass is 10.3. The predicted octanol–water partition coefficient (Wildman–Crippen LogP) is 4.31. The molecule has 0 saturated heterocycles. The van der Waals surface area contributed by atoms with Gasteiger partial charge in [0.05, 0.1) is 6.54 Å². The molecule has 2 rings (SSSR count). The molecule has 3 nitrogen and oxygen atoms in total. The van der Waals surface area contributed by atoms with Crippen molar-refractivity contribution in [1.82, 2.24) is 4.98 Å². The Hall–Kier alpha value is -1.47. The third kappa shape index (κ3) is 4.60. The maximum Gasteiger partial charge on any atom is 0.573 e. The van der Waals surface area contributed by atoms with Gasteiger partial charge < -0.3 is 10.1 Å². The van der Waals surface area contributed by atoms with Crippen LogP contribution in [0.25, 0.3) is 0 Å². The van der Waals surface area contributed by atoms with Crippen LogP contribution in [0.3, 0.4) is 0 Å². The molecule has 1 heterocycles. The number of aromatic nitrogens is 1. The summed E-state index contributed by atoms with van der Waals surface area (Å²) in [5.74, 6) is -0.251. The first-order chi connectivity index (χ1) is 8.92. The number of hydrogen-bond donors (Lipinski definition) is 1. The van der Waals surface area contributed by atoms with Crippen molar-refractivity contribution in [2.45, 2.75) is 12.9 Å². The molecule has 0 aliphatic rings. The highest BCUT2D eigenvalue weighted by atomic mass is 35.5. The van der Waals surface area contributed by atoms with E-state index in [1.807, 2.05) is 0 Å². The Morgan fingerprint density at radius 2 is 1.95 bits per heavy atom. The Morgan fingerprint density at radius 3 is 2.47 bits per heavy atom. The average molecular weight is 309 g/mol. The van der Waals surface area contributed by atoms with Gasteiger partial charge in [0, 0.05) is 16.8 Å². The summed E-state index contributed by atoms with van der Waals surface area (Å²) in [7, 11) is 0. The highest BCUT2D eigenvalue weighted by Gasteiger charge is 2.30. The van der Waals surface area contributed by atoms with Gasteiger partial charge in [-0.3, -0.25) is 0 Å². The Labute approximate surface area is 116 Å². The molecule has 0 spiro atoms. The number of alkyl halides is 3. The molecular weight excluding hydrogens is 301 g/mol. The van der Waals surface area contributed by atoms with Gasteiger partial charge in [-0.2, -0.15) is 0 Å². The summed E-state index contributed by atoms with van der Waals surface area (Å²) in [4.78, 5) is 4.81. The Bertz CT molecular complexity index is 542. The highest BCUT2D eigenvalue weighted by Crippen LogP contribution is 2.24. The number of halogens is 4. The zero-order valence-corrected chi connectivity index (χ0v) is 10.9. The molecule has 0 unspecified atom stereocenters. The molecule has 102 valence electrons. The fraction of sp³-hybridized carbons (Fsp3) is 0.182. The second-order valence-electron chi connectivity index (χ2n) is 3.51. The second kappa shape index (κ2) is 5.66. The summed E-state index contributed by atoms with van der Waals surface area (Å²) in [6, 6.07) is 5.50. The van der Waals surface area contributed by atoms with Crippen LogP contribution in [0.15, 0.2) is 30.5 Å². The van der Waals surface area contributed by atoms with Crippen molar-refractivity contribution in [2.75, 3.05) is 5.32 Å². The molecule has 0 saturated carbocycles. The Kier molecular flexibility index (Phi) is 4.16. The van der Waals surface area contributed by atoms with E-state index in [0.717, 1.165) is 4.88 Å². The van der Waals surface area contributed by atoms with Gasteiger partial charge in [-0.25, -0.2) is 4.98 Å². The molecule has 19 heavy (non-hydrogen) atoms. The van der Waals surface area contributed by atoms with Crippen LogP contribution in [-0.2, 0) is 6.54 Å². The van der Waals surface area contributed by atoms with Crippen LogP contribution in [-0.4, -0.2) is 11.3 Å². The molecule has 0 aliphatic heterocycles. The molecule has 1 N–H and O–H groups in total. The fourth-order valence-corrected chi connectivity index (χ4v) is 2.25. The van der Waals surface area contributed by atoms with Gasteiger partial charge in [0.1, 0.15) is 5.75 Å². The molecule has 1 aromatic carbocycles. The van der Waals surface area contributed by atoms with Crippen molar-refractivity contribution in [3.8, 4) is 5.75 Å². The van der Waals surface area contributed by atoms with Crippen LogP contribution in [0.1, 0.15) is 4.88 Å². The summed E-state index contributed by atoms with van der Waals surface area (Å²) in [5, 5.41) is 3.04. The first-order valence-electron chi connectivity index (χ1n) is 5.12. The van der Waals surface area contributed by atoms with Crippen LogP contribution in [0.5, 0.6) is 5.75 Å². The highest BCUT2D eigenvalue weighted by molar-refractivity contribution is 7.15. The van der Waals surface area contributed by atoms with Gasteiger partial charge in [-0.15, -0.1) is 24.5 Å². The number of anilines is 1. The number of nitrogens with one attached hydrogen (secondary N) is 1. The van der Waals surface area contributed by atoms with E-state index in [4.69, 9.17) is 11.6 Å². The molecule has 0 fully saturated rings. The largest absolute Gasteiger partial charge is 0.573 e. The first-order valence-corrected chi connectivity index (χ1v) is 6.32. The number of benzene rings is 1. The molecule has 2 aromatic rings. The fourth-order valence-electron chi connectivity index (χ4n) is 1.33. The van der Waals surface area contributed by atoms with Crippen LogP contribution in [0.2, 0.25) is 4.47 Å². The zero-order valence-electron chi connectivity index (χ0n) is 9.37. The monoisotopic (exact) mass is 308 g/mol. The molecular formula is C11H8ClF3N2OS. The van der Waals surface area contributed by atoms with E-state index in [-0.39, 0.29) is 5.75 Å². The summed E-state index contributed by atoms with van der Waals surface area (Å²) >= 11 is 7.02. The summed E-state index contributed by atoms with van der Waals surface area (Å²) < 4.78 is 40.1. The minimum absolute atomic E-state index is 0.251. The molecule has 0 atom stereocenters. The zero-order chi connectivity index (χ0) is 13.9. The lowest BCUT2D eigenvalue weighted by Crippen LogP contribution is -2.17. The lowest BCUT2D eigenvalue weighted by molar-refractivity contribution is -0.274. The quantitative estimate of drug-likeness (QED) is 0.914. The van der Waals surface area contributed by atoms with Crippen molar-refractivity contribution in [3.63, 3.8) is 0 Å². The number of nitrogens with zero attached hydrogens (tertiary/aromatic N) is 1. The summed E-state index contributed by atoms with van der Waals surface area (Å²) in [6.45, 7) is 0.504. The van der Waals surface area contributed by atoms with Crippen molar-refractivity contribution in [1.29, 1.82) is 0 Å². The number of ether oxygens (including phenoxy) is 1. The van der Waals surface area contributed by atoms with Crippen LogP contribution < -0.4 is 10.1 Å². The van der Waals surface area contributed by atoms with E-state index in [1.165, 1.54) is 35.6 Å². The maximum atomic E-state index is 12.0. The van der Waals surface area contributed by atoms with Gasteiger partial charge >= 0.3 is 6.36 Å². The molecule has 0 bridgehead atoms.